The van der Waals surface area contributed by atoms with Crippen LogP contribution < -0.4 is 5.32 Å². The van der Waals surface area contributed by atoms with Crippen LogP contribution in [-0.4, -0.2) is 47.6 Å². The van der Waals surface area contributed by atoms with Crippen molar-refractivity contribution in [2.45, 2.75) is 38.5 Å². The lowest BCUT2D eigenvalue weighted by molar-refractivity contribution is 0.201. The zero-order valence-electron chi connectivity index (χ0n) is 12.8. The van der Waals surface area contributed by atoms with E-state index in [0.29, 0.717) is 29.9 Å². The Morgan fingerprint density at radius 1 is 1.43 bits per heavy atom. The van der Waals surface area contributed by atoms with E-state index in [4.69, 9.17) is 4.74 Å². The minimum absolute atomic E-state index is 0.102. The number of methoxy groups -OCH3 is 1. The van der Waals surface area contributed by atoms with Crippen LogP contribution in [0.25, 0.3) is 0 Å². The largest absolute Gasteiger partial charge is 0.384 e. The van der Waals surface area contributed by atoms with Crippen LogP contribution in [0.2, 0.25) is 0 Å². The van der Waals surface area contributed by atoms with Crippen molar-refractivity contribution in [3.8, 4) is 0 Å². The molecule has 0 radical (unpaired) electrons. The van der Waals surface area contributed by atoms with E-state index < -0.39 is 0 Å². The number of anilines is 1. The Morgan fingerprint density at radius 3 is 2.90 bits per heavy atom. The first-order valence-electron chi connectivity index (χ1n) is 7.52. The summed E-state index contributed by atoms with van der Waals surface area (Å²) in [7, 11) is 3.49. The van der Waals surface area contributed by atoms with Crippen LogP contribution in [0.4, 0.5) is 9.93 Å². The van der Waals surface area contributed by atoms with Gasteiger partial charge in [0.25, 0.3) is 0 Å². The maximum atomic E-state index is 12.1. The summed E-state index contributed by atoms with van der Waals surface area (Å²) < 4.78 is 9.19. The minimum Gasteiger partial charge on any atom is -0.384 e. The Labute approximate surface area is 130 Å². The molecular formula is C14H24N4O2S. The summed E-state index contributed by atoms with van der Waals surface area (Å²) in [5.74, 6) is 1.35. The topological polar surface area (TPSA) is 67.3 Å². The average Bonchev–Trinajstić information content (AvgIpc) is 2.93. The number of rotatable bonds is 6. The molecule has 0 unspecified atom stereocenters. The van der Waals surface area contributed by atoms with Gasteiger partial charge in [-0.25, -0.2) is 9.78 Å². The number of ether oxygens (including phenoxy) is 1. The van der Waals surface area contributed by atoms with Gasteiger partial charge in [-0.2, -0.15) is 4.37 Å². The molecule has 1 fully saturated rings. The van der Waals surface area contributed by atoms with Gasteiger partial charge in [-0.3, -0.25) is 5.32 Å². The van der Waals surface area contributed by atoms with Crippen molar-refractivity contribution in [1.82, 2.24) is 14.3 Å². The SMILES string of the molecule is COCCc1nsc(NC(=O)N(C)CC2CCCCC2)n1. The number of nitrogens with one attached hydrogen (secondary N) is 1. The van der Waals surface area contributed by atoms with Gasteiger partial charge < -0.3 is 9.64 Å². The maximum Gasteiger partial charge on any atom is 0.323 e. The molecule has 0 aliphatic heterocycles. The van der Waals surface area contributed by atoms with Crippen molar-refractivity contribution in [1.29, 1.82) is 0 Å². The van der Waals surface area contributed by atoms with Crippen molar-refractivity contribution in [2.75, 3.05) is 32.6 Å². The van der Waals surface area contributed by atoms with Crippen molar-refractivity contribution in [3.63, 3.8) is 0 Å². The standard InChI is InChI=1S/C14H24N4O2S/c1-18(10-11-6-4-3-5-7-11)14(19)16-13-15-12(17-21-13)8-9-20-2/h11H,3-10H2,1-2H3,(H,15,16,17,19). The van der Waals surface area contributed by atoms with Gasteiger partial charge >= 0.3 is 6.03 Å². The molecule has 0 saturated heterocycles. The third kappa shape index (κ3) is 5.24. The molecule has 1 N–H and O–H groups in total. The van der Waals surface area contributed by atoms with Gasteiger partial charge in [0.05, 0.1) is 6.61 Å². The molecule has 2 rings (SSSR count). The molecule has 0 atom stereocenters. The van der Waals surface area contributed by atoms with Crippen LogP contribution in [-0.2, 0) is 11.2 Å². The quantitative estimate of drug-likeness (QED) is 0.877. The fourth-order valence-electron chi connectivity index (χ4n) is 2.63. The van der Waals surface area contributed by atoms with Gasteiger partial charge in [0, 0.05) is 38.7 Å². The first-order valence-corrected chi connectivity index (χ1v) is 8.30. The molecule has 7 heteroatoms. The number of hydrogen-bond acceptors (Lipinski definition) is 5. The third-order valence-corrected chi connectivity index (χ3v) is 4.48. The predicted molar refractivity (Wildman–Crippen MR) is 83.7 cm³/mol. The van der Waals surface area contributed by atoms with E-state index >= 15 is 0 Å². The number of carbonyl (C=O) groups is 1. The molecule has 1 aliphatic rings. The Bertz CT molecular complexity index is 446. The predicted octanol–water partition coefficient (Wildman–Crippen LogP) is 2.77. The highest BCUT2D eigenvalue weighted by atomic mass is 32.1. The number of amides is 2. The summed E-state index contributed by atoms with van der Waals surface area (Å²) in [4.78, 5) is 18.2. The summed E-state index contributed by atoms with van der Waals surface area (Å²) in [6.07, 6.45) is 7.05. The molecule has 1 saturated carbocycles. The summed E-state index contributed by atoms with van der Waals surface area (Å²) in [5.41, 5.74) is 0. The van der Waals surface area contributed by atoms with Crippen molar-refractivity contribution in [3.05, 3.63) is 5.82 Å². The molecule has 21 heavy (non-hydrogen) atoms. The Morgan fingerprint density at radius 2 is 2.19 bits per heavy atom. The number of hydrogen-bond donors (Lipinski definition) is 1. The molecule has 0 aromatic carbocycles. The molecule has 1 heterocycles. The van der Waals surface area contributed by atoms with Crippen LogP contribution in [0, 0.1) is 5.92 Å². The Balaban J connectivity index is 1.78. The monoisotopic (exact) mass is 312 g/mol. The summed E-state index contributed by atoms with van der Waals surface area (Å²) in [6.45, 7) is 1.41. The normalized spacial score (nSPS) is 15.9. The molecule has 118 valence electrons. The fourth-order valence-corrected chi connectivity index (χ4v) is 3.23. The second-order valence-electron chi connectivity index (χ2n) is 5.57. The fraction of sp³-hybridized carbons (Fsp3) is 0.786. The van der Waals surface area contributed by atoms with Crippen molar-refractivity contribution in [2.24, 2.45) is 5.92 Å². The number of carbonyl (C=O) groups excluding carboxylic acids is 1. The molecule has 0 spiro atoms. The van der Waals surface area contributed by atoms with Crippen LogP contribution in [0.15, 0.2) is 0 Å². The summed E-state index contributed by atoms with van der Waals surface area (Å²) in [6, 6.07) is -0.102. The first kappa shape index (κ1) is 16.2. The molecule has 2 amide bonds. The summed E-state index contributed by atoms with van der Waals surface area (Å²) in [5, 5.41) is 3.38. The van der Waals surface area contributed by atoms with Gasteiger partial charge in [0.2, 0.25) is 5.13 Å². The second kappa shape index (κ2) is 8.29. The summed E-state index contributed by atoms with van der Waals surface area (Å²) >= 11 is 1.22. The highest BCUT2D eigenvalue weighted by Gasteiger charge is 2.19. The Kier molecular flexibility index (Phi) is 6.38. The molecule has 1 aromatic heterocycles. The van der Waals surface area contributed by atoms with Gasteiger partial charge in [-0.05, 0) is 18.8 Å². The van der Waals surface area contributed by atoms with E-state index in [1.165, 1.54) is 43.6 Å². The van der Waals surface area contributed by atoms with Crippen LogP contribution in [0.1, 0.15) is 37.9 Å². The van der Waals surface area contributed by atoms with E-state index in [1.807, 2.05) is 7.05 Å². The lowest BCUT2D eigenvalue weighted by Crippen LogP contribution is -2.35. The smallest absolute Gasteiger partial charge is 0.323 e. The van der Waals surface area contributed by atoms with Crippen molar-refractivity contribution < 1.29 is 9.53 Å². The van der Waals surface area contributed by atoms with Crippen LogP contribution in [0.3, 0.4) is 0 Å². The minimum atomic E-state index is -0.102. The Hall–Kier alpha value is -1.21. The van der Waals surface area contributed by atoms with Gasteiger partial charge in [-0.1, -0.05) is 19.3 Å². The van der Waals surface area contributed by atoms with E-state index in [9.17, 15) is 4.79 Å². The van der Waals surface area contributed by atoms with Gasteiger partial charge in [0.15, 0.2) is 0 Å². The molecule has 1 aliphatic carbocycles. The van der Waals surface area contributed by atoms with E-state index in [0.717, 1.165) is 6.54 Å². The third-order valence-electron chi connectivity index (χ3n) is 3.82. The van der Waals surface area contributed by atoms with E-state index in [2.05, 4.69) is 14.7 Å². The highest BCUT2D eigenvalue weighted by Crippen LogP contribution is 2.24. The number of aromatic nitrogens is 2. The first-order chi connectivity index (χ1) is 10.2. The molecular weight excluding hydrogens is 288 g/mol. The van der Waals surface area contributed by atoms with Gasteiger partial charge in [0.1, 0.15) is 5.82 Å². The zero-order valence-corrected chi connectivity index (χ0v) is 13.6. The maximum absolute atomic E-state index is 12.1. The van der Waals surface area contributed by atoms with Gasteiger partial charge in [-0.15, -0.1) is 0 Å². The zero-order chi connectivity index (χ0) is 15.1. The van der Waals surface area contributed by atoms with Crippen LogP contribution in [0.5, 0.6) is 0 Å². The molecule has 0 bridgehead atoms. The highest BCUT2D eigenvalue weighted by molar-refractivity contribution is 7.09. The average molecular weight is 312 g/mol. The van der Waals surface area contributed by atoms with E-state index in [-0.39, 0.29) is 6.03 Å². The lowest BCUT2D eigenvalue weighted by Gasteiger charge is -2.26. The second-order valence-corrected chi connectivity index (χ2v) is 6.33. The van der Waals surface area contributed by atoms with E-state index in [1.54, 1.807) is 12.0 Å². The molecule has 6 nitrogen and oxygen atoms in total. The van der Waals surface area contributed by atoms with Crippen molar-refractivity contribution >= 4 is 22.7 Å². The number of nitrogens with zero attached hydrogens (tertiary/aromatic N) is 3. The van der Waals surface area contributed by atoms with Crippen LogP contribution >= 0.6 is 11.5 Å². The molecule has 1 aromatic rings. The number of urea groups is 1. The lowest BCUT2D eigenvalue weighted by atomic mass is 9.89.